The van der Waals surface area contributed by atoms with Crippen molar-refractivity contribution in [1.82, 2.24) is 20.8 Å². The number of ether oxygens (including phenoxy) is 1. The van der Waals surface area contributed by atoms with Gasteiger partial charge in [0.2, 0.25) is 5.89 Å². The Morgan fingerprint density at radius 3 is 2.95 bits per heavy atom. The van der Waals surface area contributed by atoms with E-state index in [0.29, 0.717) is 30.0 Å². The van der Waals surface area contributed by atoms with Gasteiger partial charge in [-0.05, 0) is 32.6 Å². The molecule has 2 aliphatic rings. The van der Waals surface area contributed by atoms with Gasteiger partial charge in [0, 0.05) is 20.0 Å². The van der Waals surface area contributed by atoms with E-state index in [4.69, 9.17) is 9.26 Å². The lowest BCUT2D eigenvalue weighted by Gasteiger charge is -2.22. The van der Waals surface area contributed by atoms with Crippen LogP contribution in [0.25, 0.3) is 0 Å². The summed E-state index contributed by atoms with van der Waals surface area (Å²) in [5, 5.41) is 10.6. The summed E-state index contributed by atoms with van der Waals surface area (Å²) >= 11 is 0. The summed E-state index contributed by atoms with van der Waals surface area (Å²) in [5.41, 5.74) is 0. The summed E-state index contributed by atoms with van der Waals surface area (Å²) in [5.74, 6) is 2.23. The average Bonchev–Trinajstić information content (AvgIpc) is 3.19. The number of nitrogens with one attached hydrogen (secondary N) is 2. The fraction of sp³-hybridized carbons (Fsp3) is 0.786. The minimum Gasteiger partial charge on any atom is -0.373 e. The van der Waals surface area contributed by atoms with E-state index in [2.05, 4.69) is 25.8 Å². The molecule has 0 amide bonds. The Labute approximate surface area is 124 Å². The number of aryl methyl sites for hydroxylation is 2. The summed E-state index contributed by atoms with van der Waals surface area (Å²) in [6.45, 7) is 2.65. The van der Waals surface area contributed by atoms with Crippen LogP contribution in [-0.2, 0) is 11.2 Å². The normalized spacial score (nSPS) is 28.1. The molecule has 3 atom stereocenters. The second kappa shape index (κ2) is 6.43. The molecule has 0 aliphatic carbocycles. The van der Waals surface area contributed by atoms with Crippen LogP contribution in [0.4, 0.5) is 0 Å². The maximum absolute atomic E-state index is 5.84. The zero-order valence-corrected chi connectivity index (χ0v) is 12.6. The quantitative estimate of drug-likeness (QED) is 0.474. The topological polar surface area (TPSA) is 84.6 Å². The summed E-state index contributed by atoms with van der Waals surface area (Å²) in [4.78, 5) is 8.46. The van der Waals surface area contributed by atoms with Crippen molar-refractivity contribution in [3.05, 3.63) is 11.7 Å². The summed E-state index contributed by atoms with van der Waals surface area (Å²) in [7, 11) is 1.80. The third kappa shape index (κ3) is 3.53. The zero-order chi connectivity index (χ0) is 14.7. The lowest BCUT2D eigenvalue weighted by Crippen LogP contribution is -2.47. The molecule has 2 aliphatic heterocycles. The Morgan fingerprint density at radius 1 is 1.43 bits per heavy atom. The first kappa shape index (κ1) is 14.3. The smallest absolute Gasteiger partial charge is 0.226 e. The second-order valence-corrected chi connectivity index (χ2v) is 5.70. The molecule has 3 rings (SSSR count). The number of hydrogen-bond donors (Lipinski definition) is 2. The number of nitrogens with zero attached hydrogens (tertiary/aromatic N) is 3. The van der Waals surface area contributed by atoms with Crippen molar-refractivity contribution in [1.29, 1.82) is 0 Å². The van der Waals surface area contributed by atoms with Gasteiger partial charge in [-0.15, -0.1) is 0 Å². The monoisotopic (exact) mass is 293 g/mol. The van der Waals surface area contributed by atoms with Gasteiger partial charge in [0.05, 0.1) is 18.2 Å². The molecule has 3 unspecified atom stereocenters. The molecule has 116 valence electrons. The van der Waals surface area contributed by atoms with Crippen LogP contribution in [0.2, 0.25) is 0 Å². The molecule has 3 heterocycles. The minimum absolute atomic E-state index is 0.356. The van der Waals surface area contributed by atoms with Crippen LogP contribution in [0, 0.1) is 6.92 Å². The summed E-state index contributed by atoms with van der Waals surface area (Å²) in [6, 6.07) is 0.397. The SMILES string of the molecule is CN=C(NCCCc1nc(C)no1)NC1CC2CCC1O2. The Balaban J connectivity index is 1.37. The van der Waals surface area contributed by atoms with Crippen molar-refractivity contribution in [2.75, 3.05) is 13.6 Å². The van der Waals surface area contributed by atoms with Crippen molar-refractivity contribution < 1.29 is 9.26 Å². The number of hydrogen-bond acceptors (Lipinski definition) is 5. The predicted octanol–water partition coefficient (Wildman–Crippen LogP) is 0.796. The first-order valence-electron chi connectivity index (χ1n) is 7.66. The fourth-order valence-electron chi connectivity index (χ4n) is 3.05. The zero-order valence-electron chi connectivity index (χ0n) is 12.6. The van der Waals surface area contributed by atoms with Gasteiger partial charge in [-0.1, -0.05) is 5.16 Å². The molecule has 2 saturated heterocycles. The van der Waals surface area contributed by atoms with E-state index in [0.717, 1.165) is 38.2 Å². The van der Waals surface area contributed by atoms with E-state index in [1.165, 1.54) is 6.42 Å². The van der Waals surface area contributed by atoms with Crippen molar-refractivity contribution in [2.24, 2.45) is 4.99 Å². The largest absolute Gasteiger partial charge is 0.373 e. The molecule has 7 nitrogen and oxygen atoms in total. The van der Waals surface area contributed by atoms with E-state index in [9.17, 15) is 0 Å². The van der Waals surface area contributed by atoms with E-state index in [1.54, 1.807) is 7.05 Å². The van der Waals surface area contributed by atoms with Crippen molar-refractivity contribution in [3.8, 4) is 0 Å². The van der Waals surface area contributed by atoms with Crippen molar-refractivity contribution >= 4 is 5.96 Å². The van der Waals surface area contributed by atoms with E-state index >= 15 is 0 Å². The number of guanidine groups is 1. The van der Waals surface area contributed by atoms with Gasteiger partial charge in [-0.3, -0.25) is 4.99 Å². The van der Waals surface area contributed by atoms with Crippen LogP contribution < -0.4 is 10.6 Å². The Hall–Kier alpha value is -1.63. The lowest BCUT2D eigenvalue weighted by molar-refractivity contribution is 0.0992. The van der Waals surface area contributed by atoms with Crippen molar-refractivity contribution in [3.63, 3.8) is 0 Å². The van der Waals surface area contributed by atoms with E-state index < -0.39 is 0 Å². The molecule has 7 heteroatoms. The van der Waals surface area contributed by atoms with Gasteiger partial charge in [-0.2, -0.15) is 4.98 Å². The van der Waals surface area contributed by atoms with Gasteiger partial charge < -0.3 is 19.9 Å². The van der Waals surface area contributed by atoms with E-state index in [-0.39, 0.29) is 0 Å². The van der Waals surface area contributed by atoms with Crippen LogP contribution >= 0.6 is 0 Å². The third-order valence-electron chi connectivity index (χ3n) is 4.08. The third-order valence-corrected chi connectivity index (χ3v) is 4.08. The average molecular weight is 293 g/mol. The van der Waals surface area contributed by atoms with Crippen LogP contribution in [0.15, 0.2) is 9.52 Å². The Kier molecular flexibility index (Phi) is 4.38. The van der Waals surface area contributed by atoms with Crippen LogP contribution in [0.3, 0.4) is 0 Å². The van der Waals surface area contributed by atoms with Gasteiger partial charge in [0.15, 0.2) is 11.8 Å². The Bertz CT molecular complexity index is 501. The molecule has 1 aromatic rings. The standard InChI is InChI=1S/C14H23N5O2/c1-9-17-13(21-19-9)4-3-7-16-14(15-2)18-11-8-10-5-6-12(11)20-10/h10-12H,3-8H2,1-2H3,(H2,15,16,18). The van der Waals surface area contributed by atoms with Gasteiger partial charge in [-0.25, -0.2) is 0 Å². The summed E-state index contributed by atoms with van der Waals surface area (Å²) < 4.78 is 10.9. The molecule has 1 aromatic heterocycles. The highest BCUT2D eigenvalue weighted by Crippen LogP contribution is 2.34. The number of aromatic nitrogens is 2. The van der Waals surface area contributed by atoms with Crippen LogP contribution in [0.1, 0.15) is 37.4 Å². The molecule has 0 aromatic carbocycles. The van der Waals surface area contributed by atoms with Crippen LogP contribution in [0.5, 0.6) is 0 Å². The number of aliphatic imine (C=N–C) groups is 1. The maximum Gasteiger partial charge on any atom is 0.226 e. The molecule has 2 bridgehead atoms. The molecule has 0 radical (unpaired) electrons. The first-order chi connectivity index (χ1) is 10.2. The first-order valence-corrected chi connectivity index (χ1v) is 7.66. The number of rotatable bonds is 5. The fourth-order valence-corrected chi connectivity index (χ4v) is 3.05. The predicted molar refractivity (Wildman–Crippen MR) is 78.2 cm³/mol. The Morgan fingerprint density at radius 2 is 2.33 bits per heavy atom. The minimum atomic E-state index is 0.356. The highest BCUT2D eigenvalue weighted by molar-refractivity contribution is 5.80. The van der Waals surface area contributed by atoms with Gasteiger partial charge >= 0.3 is 0 Å². The molecule has 21 heavy (non-hydrogen) atoms. The second-order valence-electron chi connectivity index (χ2n) is 5.70. The van der Waals surface area contributed by atoms with Gasteiger partial charge in [0.25, 0.3) is 0 Å². The maximum atomic E-state index is 5.84. The number of fused-ring (bicyclic) bond motifs is 2. The molecule has 0 spiro atoms. The van der Waals surface area contributed by atoms with Crippen molar-refractivity contribution in [2.45, 2.75) is 57.3 Å². The highest BCUT2D eigenvalue weighted by Gasteiger charge is 2.41. The van der Waals surface area contributed by atoms with Crippen LogP contribution in [-0.4, -0.2) is 47.9 Å². The van der Waals surface area contributed by atoms with E-state index in [1.807, 2.05) is 6.92 Å². The molecule has 2 N–H and O–H groups in total. The highest BCUT2D eigenvalue weighted by atomic mass is 16.5. The molecular formula is C14H23N5O2. The molecule has 2 fully saturated rings. The molecule has 0 saturated carbocycles. The molecular weight excluding hydrogens is 270 g/mol. The summed E-state index contributed by atoms with van der Waals surface area (Å²) in [6.07, 6.45) is 5.97. The lowest BCUT2D eigenvalue weighted by atomic mass is 9.96. The van der Waals surface area contributed by atoms with Gasteiger partial charge in [0.1, 0.15) is 0 Å².